The highest BCUT2D eigenvalue weighted by atomic mass is 35.5. The van der Waals surface area contributed by atoms with Crippen LogP contribution in [-0.2, 0) is 9.47 Å². The first-order valence-electron chi connectivity index (χ1n) is 6.59. The van der Waals surface area contributed by atoms with E-state index in [1.807, 2.05) is 18.2 Å². The third-order valence-corrected chi connectivity index (χ3v) is 4.26. The summed E-state index contributed by atoms with van der Waals surface area (Å²) >= 11 is 6.07. The lowest BCUT2D eigenvalue weighted by atomic mass is 9.82. The third-order valence-electron chi connectivity index (χ3n) is 3.95. The fraction of sp³-hybridized carbons (Fsp3) is 0.571. The first-order chi connectivity index (χ1) is 9.66. The van der Waals surface area contributed by atoms with Gasteiger partial charge < -0.3 is 14.2 Å². The molecule has 1 fully saturated rings. The van der Waals surface area contributed by atoms with E-state index in [-0.39, 0.29) is 11.6 Å². The Morgan fingerprint density at radius 1 is 1.35 bits per heavy atom. The summed E-state index contributed by atoms with van der Waals surface area (Å²) in [6.45, 7) is 1.33. The van der Waals surface area contributed by atoms with Crippen LogP contribution in [0, 0.1) is 0 Å². The van der Waals surface area contributed by atoms with E-state index >= 15 is 0 Å². The minimum atomic E-state index is -0.383. The van der Waals surface area contributed by atoms with Crippen molar-refractivity contribution in [3.05, 3.63) is 28.8 Å². The summed E-state index contributed by atoms with van der Waals surface area (Å²) in [5.41, 5.74) is 3.47. The molecule has 0 radical (unpaired) electrons. The van der Waals surface area contributed by atoms with Gasteiger partial charge in [0.2, 0.25) is 0 Å². The Labute approximate surface area is 124 Å². The molecule has 1 heterocycles. The lowest BCUT2D eigenvalue weighted by Crippen LogP contribution is -2.51. The number of hydrazine groups is 1. The molecule has 1 saturated heterocycles. The van der Waals surface area contributed by atoms with E-state index in [0.29, 0.717) is 24.0 Å². The van der Waals surface area contributed by atoms with Crippen molar-refractivity contribution in [1.29, 1.82) is 0 Å². The zero-order chi connectivity index (χ0) is 14.6. The first kappa shape index (κ1) is 15.5. The van der Waals surface area contributed by atoms with Crippen LogP contribution in [-0.4, -0.2) is 33.0 Å². The van der Waals surface area contributed by atoms with Crippen molar-refractivity contribution in [2.45, 2.75) is 24.5 Å². The molecule has 1 aromatic rings. The Bertz CT molecular complexity index is 450. The number of hydrogen-bond donors (Lipinski definition) is 2. The largest absolute Gasteiger partial charge is 0.495 e. The second-order valence-electron chi connectivity index (χ2n) is 4.87. The van der Waals surface area contributed by atoms with Crippen LogP contribution in [0.2, 0.25) is 5.02 Å². The molecule has 3 N–H and O–H groups in total. The summed E-state index contributed by atoms with van der Waals surface area (Å²) in [5.74, 6) is 6.41. The van der Waals surface area contributed by atoms with Gasteiger partial charge in [0.05, 0.1) is 23.8 Å². The van der Waals surface area contributed by atoms with E-state index in [1.165, 1.54) is 0 Å². The van der Waals surface area contributed by atoms with Crippen molar-refractivity contribution < 1.29 is 14.2 Å². The highest BCUT2D eigenvalue weighted by Crippen LogP contribution is 2.39. The van der Waals surface area contributed by atoms with Gasteiger partial charge in [-0.25, -0.2) is 0 Å². The van der Waals surface area contributed by atoms with Gasteiger partial charge in [0.1, 0.15) is 5.75 Å². The molecule has 0 amide bonds. The van der Waals surface area contributed by atoms with Crippen LogP contribution in [0.1, 0.15) is 24.4 Å². The van der Waals surface area contributed by atoms with E-state index in [2.05, 4.69) is 5.43 Å². The number of halogens is 1. The molecule has 6 heteroatoms. The van der Waals surface area contributed by atoms with Crippen LogP contribution in [0.4, 0.5) is 0 Å². The number of benzene rings is 1. The number of ether oxygens (including phenoxy) is 3. The average Bonchev–Trinajstić information content (AvgIpc) is 2.50. The molecule has 1 aromatic carbocycles. The maximum atomic E-state index is 6.07. The second-order valence-corrected chi connectivity index (χ2v) is 5.28. The van der Waals surface area contributed by atoms with Crippen molar-refractivity contribution in [3.8, 4) is 5.75 Å². The van der Waals surface area contributed by atoms with Crippen molar-refractivity contribution in [3.63, 3.8) is 0 Å². The van der Waals surface area contributed by atoms with Crippen LogP contribution in [0.3, 0.4) is 0 Å². The molecule has 1 atom stereocenters. The summed E-state index contributed by atoms with van der Waals surface area (Å²) in [6, 6.07) is 5.49. The second kappa shape index (κ2) is 6.74. The Hall–Kier alpha value is -0.850. The van der Waals surface area contributed by atoms with Crippen molar-refractivity contribution >= 4 is 11.6 Å². The number of rotatable bonds is 5. The van der Waals surface area contributed by atoms with Crippen LogP contribution in [0.5, 0.6) is 5.75 Å². The molecule has 1 aliphatic rings. The van der Waals surface area contributed by atoms with E-state index in [1.54, 1.807) is 14.2 Å². The van der Waals surface area contributed by atoms with Crippen LogP contribution < -0.4 is 16.0 Å². The van der Waals surface area contributed by atoms with E-state index in [9.17, 15) is 0 Å². The summed E-state index contributed by atoms with van der Waals surface area (Å²) < 4.78 is 16.5. The van der Waals surface area contributed by atoms with Crippen LogP contribution in [0.15, 0.2) is 18.2 Å². The Morgan fingerprint density at radius 3 is 2.60 bits per heavy atom. The van der Waals surface area contributed by atoms with Gasteiger partial charge in [0.15, 0.2) is 0 Å². The fourth-order valence-corrected chi connectivity index (χ4v) is 2.93. The van der Waals surface area contributed by atoms with Crippen molar-refractivity contribution in [1.82, 2.24) is 5.43 Å². The number of hydrogen-bond acceptors (Lipinski definition) is 5. The van der Waals surface area contributed by atoms with E-state index in [4.69, 9.17) is 31.7 Å². The molecule has 5 nitrogen and oxygen atoms in total. The molecule has 0 bridgehead atoms. The first-order valence-corrected chi connectivity index (χ1v) is 6.97. The highest BCUT2D eigenvalue weighted by Gasteiger charge is 2.41. The predicted molar refractivity (Wildman–Crippen MR) is 77.9 cm³/mol. The molecule has 0 aliphatic carbocycles. The number of nitrogens with two attached hydrogens (primary N) is 1. The lowest BCUT2D eigenvalue weighted by molar-refractivity contribution is -0.111. The summed E-state index contributed by atoms with van der Waals surface area (Å²) in [4.78, 5) is 0. The third kappa shape index (κ3) is 2.92. The van der Waals surface area contributed by atoms with Gasteiger partial charge in [0.25, 0.3) is 0 Å². The monoisotopic (exact) mass is 300 g/mol. The molecule has 1 aliphatic heterocycles. The summed E-state index contributed by atoms with van der Waals surface area (Å²) in [5, 5.41) is 0.575. The molecule has 2 rings (SSSR count). The molecule has 0 saturated carbocycles. The van der Waals surface area contributed by atoms with Crippen molar-refractivity contribution in [2.24, 2.45) is 5.84 Å². The quantitative estimate of drug-likeness (QED) is 0.643. The fourth-order valence-electron chi connectivity index (χ4n) is 2.74. The van der Waals surface area contributed by atoms with Gasteiger partial charge in [-0.2, -0.15) is 0 Å². The lowest BCUT2D eigenvalue weighted by Gasteiger charge is -2.42. The molecular weight excluding hydrogens is 280 g/mol. The van der Waals surface area contributed by atoms with Crippen LogP contribution >= 0.6 is 11.6 Å². The topological polar surface area (TPSA) is 65.7 Å². The summed E-state index contributed by atoms with van der Waals surface area (Å²) in [6.07, 6.45) is 1.56. The molecule has 20 heavy (non-hydrogen) atoms. The Morgan fingerprint density at radius 2 is 2.05 bits per heavy atom. The zero-order valence-corrected chi connectivity index (χ0v) is 12.6. The van der Waals surface area contributed by atoms with Gasteiger partial charge in [-0.1, -0.05) is 17.7 Å². The highest BCUT2D eigenvalue weighted by molar-refractivity contribution is 6.32. The number of methoxy groups -OCH3 is 2. The molecule has 0 spiro atoms. The molecule has 0 aromatic heterocycles. The zero-order valence-electron chi connectivity index (χ0n) is 11.8. The van der Waals surface area contributed by atoms with Gasteiger partial charge in [0, 0.05) is 33.2 Å². The minimum Gasteiger partial charge on any atom is -0.495 e. The van der Waals surface area contributed by atoms with Gasteiger partial charge in [-0.3, -0.25) is 11.3 Å². The summed E-state index contributed by atoms with van der Waals surface area (Å²) in [7, 11) is 3.30. The Balaban J connectivity index is 2.35. The van der Waals surface area contributed by atoms with Crippen LogP contribution in [0.25, 0.3) is 0 Å². The SMILES string of the molecule is COc1cc(C(NN)C2(OC)CCOCC2)ccc1Cl. The predicted octanol–water partition coefficient (Wildman–Crippen LogP) is 2.05. The Kier molecular flexibility index (Phi) is 5.23. The van der Waals surface area contributed by atoms with E-state index in [0.717, 1.165) is 18.4 Å². The standard InChI is InChI=1S/C14H21ClN2O3/c1-18-12-9-10(3-4-11(12)15)13(17-16)14(19-2)5-7-20-8-6-14/h3-4,9,13,17H,5-8,16H2,1-2H3. The van der Waals surface area contributed by atoms with Gasteiger partial charge in [-0.05, 0) is 17.7 Å². The van der Waals surface area contributed by atoms with Crippen molar-refractivity contribution in [2.75, 3.05) is 27.4 Å². The minimum absolute atomic E-state index is 0.150. The van der Waals surface area contributed by atoms with E-state index < -0.39 is 0 Å². The smallest absolute Gasteiger partial charge is 0.137 e. The van der Waals surface area contributed by atoms with Gasteiger partial charge in [-0.15, -0.1) is 0 Å². The molecular formula is C14H21ClN2O3. The maximum absolute atomic E-state index is 6.07. The number of nitrogens with one attached hydrogen (secondary N) is 1. The molecule has 112 valence electrons. The maximum Gasteiger partial charge on any atom is 0.137 e. The average molecular weight is 301 g/mol. The normalized spacial score (nSPS) is 19.6. The molecule has 1 unspecified atom stereocenters. The van der Waals surface area contributed by atoms with Gasteiger partial charge >= 0.3 is 0 Å².